The van der Waals surface area contributed by atoms with E-state index in [1.807, 2.05) is 0 Å². The summed E-state index contributed by atoms with van der Waals surface area (Å²) in [5.41, 5.74) is 0.348. The summed E-state index contributed by atoms with van der Waals surface area (Å²) in [6.45, 7) is 4.06. The first-order valence-corrected chi connectivity index (χ1v) is 10.8. The highest BCUT2D eigenvalue weighted by molar-refractivity contribution is 7.89. The topological polar surface area (TPSA) is 106 Å². The minimum absolute atomic E-state index is 0.165. The molecule has 1 heterocycles. The van der Waals surface area contributed by atoms with Crippen LogP contribution in [0.5, 0.6) is 5.75 Å². The number of benzene rings is 2. The molecule has 0 bridgehead atoms. The van der Waals surface area contributed by atoms with E-state index < -0.39 is 21.6 Å². The van der Waals surface area contributed by atoms with Crippen LogP contribution in [0.25, 0.3) is 11.0 Å². The molecule has 0 radical (unpaired) electrons. The predicted molar refractivity (Wildman–Crippen MR) is 113 cm³/mol. The zero-order valence-corrected chi connectivity index (χ0v) is 17.4. The molecular formula is C21H22N2O6S. The number of carbonyl (C=O) groups excluding carboxylic acids is 1. The number of ether oxygens (including phenoxy) is 1. The van der Waals surface area contributed by atoms with Crippen molar-refractivity contribution in [1.29, 1.82) is 0 Å². The van der Waals surface area contributed by atoms with Gasteiger partial charge in [-0.05, 0) is 42.5 Å². The fourth-order valence-electron chi connectivity index (χ4n) is 2.90. The Morgan fingerprint density at radius 3 is 2.37 bits per heavy atom. The van der Waals surface area contributed by atoms with Gasteiger partial charge in [-0.1, -0.05) is 13.8 Å². The zero-order chi connectivity index (χ0) is 21.7. The second-order valence-electron chi connectivity index (χ2n) is 6.40. The van der Waals surface area contributed by atoms with Crippen LogP contribution in [0, 0.1) is 0 Å². The van der Waals surface area contributed by atoms with Crippen molar-refractivity contribution in [2.24, 2.45) is 0 Å². The van der Waals surface area contributed by atoms with Crippen LogP contribution in [0.3, 0.4) is 0 Å². The maximum Gasteiger partial charge on any atom is 0.336 e. The minimum Gasteiger partial charge on any atom is -0.484 e. The van der Waals surface area contributed by atoms with E-state index in [0.29, 0.717) is 30.1 Å². The highest BCUT2D eigenvalue weighted by Crippen LogP contribution is 2.20. The first kappa shape index (κ1) is 21.5. The lowest BCUT2D eigenvalue weighted by Crippen LogP contribution is -2.30. The summed E-state index contributed by atoms with van der Waals surface area (Å²) >= 11 is 0. The molecule has 1 aromatic heterocycles. The van der Waals surface area contributed by atoms with Crippen LogP contribution < -0.4 is 15.7 Å². The summed E-state index contributed by atoms with van der Waals surface area (Å²) in [5.74, 6) is -0.0309. The Bertz CT molecular complexity index is 1200. The molecule has 0 aliphatic heterocycles. The highest BCUT2D eigenvalue weighted by atomic mass is 32.2. The van der Waals surface area contributed by atoms with E-state index in [-0.39, 0.29) is 11.5 Å². The molecule has 1 amide bonds. The number of fused-ring (bicyclic) bond motifs is 1. The quantitative estimate of drug-likeness (QED) is 0.551. The van der Waals surface area contributed by atoms with E-state index in [9.17, 15) is 18.0 Å². The van der Waals surface area contributed by atoms with Crippen LogP contribution in [0.15, 0.2) is 68.7 Å². The molecule has 0 fully saturated rings. The Morgan fingerprint density at radius 2 is 1.70 bits per heavy atom. The molecule has 3 aromatic rings. The Balaban J connectivity index is 1.62. The molecule has 1 N–H and O–H groups in total. The SMILES string of the molecule is CCN(CC)S(=O)(=O)c1ccc(NC(=O)COc2ccc3ccc(=O)oc3c2)cc1. The van der Waals surface area contributed by atoms with Gasteiger partial charge in [-0.2, -0.15) is 4.31 Å². The van der Waals surface area contributed by atoms with Crippen LogP contribution in [-0.2, 0) is 14.8 Å². The second kappa shape index (κ2) is 9.10. The summed E-state index contributed by atoms with van der Waals surface area (Å²) in [4.78, 5) is 23.6. The lowest BCUT2D eigenvalue weighted by Gasteiger charge is -2.18. The van der Waals surface area contributed by atoms with E-state index >= 15 is 0 Å². The molecule has 0 saturated heterocycles. The molecule has 158 valence electrons. The van der Waals surface area contributed by atoms with E-state index in [2.05, 4.69) is 5.32 Å². The van der Waals surface area contributed by atoms with Crippen molar-refractivity contribution in [3.05, 3.63) is 65.0 Å². The predicted octanol–water partition coefficient (Wildman–Crippen LogP) is 2.84. The summed E-state index contributed by atoms with van der Waals surface area (Å²) in [5, 5.41) is 3.39. The number of amides is 1. The van der Waals surface area contributed by atoms with E-state index in [4.69, 9.17) is 9.15 Å². The molecule has 3 rings (SSSR count). The standard InChI is InChI=1S/C21H22N2O6S/c1-3-23(4-2)30(26,27)18-10-7-16(8-11-18)22-20(24)14-28-17-9-5-15-6-12-21(25)29-19(15)13-17/h5-13H,3-4,14H2,1-2H3,(H,22,24). The molecule has 8 nitrogen and oxygen atoms in total. The molecule has 0 atom stereocenters. The second-order valence-corrected chi connectivity index (χ2v) is 8.34. The van der Waals surface area contributed by atoms with Gasteiger partial charge in [-0.3, -0.25) is 4.79 Å². The van der Waals surface area contributed by atoms with Crippen molar-refractivity contribution in [2.45, 2.75) is 18.7 Å². The molecule has 0 spiro atoms. The van der Waals surface area contributed by atoms with Gasteiger partial charge in [0.05, 0.1) is 4.90 Å². The van der Waals surface area contributed by atoms with Gasteiger partial charge in [0.25, 0.3) is 5.91 Å². The third-order valence-electron chi connectivity index (χ3n) is 4.45. The van der Waals surface area contributed by atoms with Crippen LogP contribution in [0.2, 0.25) is 0 Å². The maximum atomic E-state index is 12.5. The van der Waals surface area contributed by atoms with Gasteiger partial charge in [0.1, 0.15) is 11.3 Å². The van der Waals surface area contributed by atoms with E-state index in [1.54, 1.807) is 32.0 Å². The maximum absolute atomic E-state index is 12.5. The molecule has 2 aromatic carbocycles. The third-order valence-corrected chi connectivity index (χ3v) is 6.51. The van der Waals surface area contributed by atoms with Crippen LogP contribution >= 0.6 is 0 Å². The summed E-state index contributed by atoms with van der Waals surface area (Å²) in [6.07, 6.45) is 0. The van der Waals surface area contributed by atoms with Gasteiger partial charge in [0.15, 0.2) is 6.61 Å². The minimum atomic E-state index is -3.55. The van der Waals surface area contributed by atoms with Gasteiger partial charge >= 0.3 is 5.63 Å². The van der Waals surface area contributed by atoms with Gasteiger partial charge in [0, 0.05) is 36.3 Å². The van der Waals surface area contributed by atoms with Gasteiger partial charge in [-0.25, -0.2) is 13.2 Å². The highest BCUT2D eigenvalue weighted by Gasteiger charge is 2.21. The average molecular weight is 430 g/mol. The van der Waals surface area contributed by atoms with Crippen LogP contribution in [0.1, 0.15) is 13.8 Å². The third kappa shape index (κ3) is 4.87. The summed E-state index contributed by atoms with van der Waals surface area (Å²) in [6, 6.07) is 13.9. The van der Waals surface area contributed by atoms with Gasteiger partial charge in [-0.15, -0.1) is 0 Å². The van der Waals surface area contributed by atoms with Gasteiger partial charge < -0.3 is 14.5 Å². The molecule has 0 saturated carbocycles. The molecular weight excluding hydrogens is 408 g/mol. The van der Waals surface area contributed by atoms with Crippen molar-refractivity contribution in [1.82, 2.24) is 4.31 Å². The normalized spacial score (nSPS) is 11.6. The first-order valence-electron chi connectivity index (χ1n) is 9.40. The number of rotatable bonds is 8. The number of hydrogen-bond acceptors (Lipinski definition) is 6. The number of carbonyl (C=O) groups is 1. The summed E-state index contributed by atoms with van der Waals surface area (Å²) in [7, 11) is -3.55. The number of hydrogen-bond donors (Lipinski definition) is 1. The molecule has 0 unspecified atom stereocenters. The first-order chi connectivity index (χ1) is 14.3. The fourth-order valence-corrected chi connectivity index (χ4v) is 4.36. The van der Waals surface area contributed by atoms with Crippen molar-refractivity contribution in [3.8, 4) is 5.75 Å². The lowest BCUT2D eigenvalue weighted by atomic mass is 10.2. The van der Waals surface area contributed by atoms with Crippen molar-refractivity contribution >= 4 is 32.6 Å². The lowest BCUT2D eigenvalue weighted by molar-refractivity contribution is -0.118. The molecule has 30 heavy (non-hydrogen) atoms. The van der Waals surface area contributed by atoms with E-state index in [0.717, 1.165) is 5.39 Å². The van der Waals surface area contributed by atoms with E-state index in [1.165, 1.54) is 40.7 Å². The Hall–Kier alpha value is -3.17. The molecule has 9 heteroatoms. The van der Waals surface area contributed by atoms with Crippen LogP contribution in [-0.4, -0.2) is 38.3 Å². The molecule has 0 aliphatic carbocycles. The summed E-state index contributed by atoms with van der Waals surface area (Å²) < 4.78 is 36.9. The monoisotopic (exact) mass is 430 g/mol. The Kier molecular flexibility index (Phi) is 6.53. The Morgan fingerprint density at radius 1 is 1.03 bits per heavy atom. The fraction of sp³-hybridized carbons (Fsp3) is 0.238. The van der Waals surface area contributed by atoms with Crippen LogP contribution in [0.4, 0.5) is 5.69 Å². The van der Waals surface area contributed by atoms with Gasteiger partial charge in [0.2, 0.25) is 10.0 Å². The van der Waals surface area contributed by atoms with Crippen molar-refractivity contribution < 1.29 is 22.4 Å². The van der Waals surface area contributed by atoms with Crippen molar-refractivity contribution in [3.63, 3.8) is 0 Å². The van der Waals surface area contributed by atoms with Crippen molar-refractivity contribution in [2.75, 3.05) is 25.0 Å². The molecule has 0 aliphatic rings. The number of sulfonamides is 1. The largest absolute Gasteiger partial charge is 0.484 e. The number of anilines is 1. The Labute approximate surface area is 174 Å². The number of nitrogens with one attached hydrogen (secondary N) is 1. The average Bonchev–Trinajstić information content (AvgIpc) is 2.73. The zero-order valence-electron chi connectivity index (χ0n) is 16.6. The smallest absolute Gasteiger partial charge is 0.336 e. The number of nitrogens with zero attached hydrogens (tertiary/aromatic N) is 1.